The first-order chi connectivity index (χ1) is 13.7. The van der Waals surface area contributed by atoms with Crippen molar-refractivity contribution in [1.82, 2.24) is 9.80 Å². The number of methoxy groups -OCH3 is 1. The standard InChI is InChI=1S/C23H34N2O3/c1-27-15-16-28-17-21(26)24-13-9-20(10-14-24)25-18-23(11-5-6-12-23)22(25)19-7-3-2-4-8-19/h2-4,7-8,20,22H,5-6,9-18H2,1H3. The van der Waals surface area contributed by atoms with Crippen LogP contribution >= 0.6 is 0 Å². The molecule has 0 bridgehead atoms. The van der Waals surface area contributed by atoms with Gasteiger partial charge in [0.1, 0.15) is 6.61 Å². The largest absolute Gasteiger partial charge is 0.382 e. The van der Waals surface area contributed by atoms with Crippen LogP contribution in [0.3, 0.4) is 0 Å². The minimum absolute atomic E-state index is 0.116. The summed E-state index contributed by atoms with van der Waals surface area (Å²) < 4.78 is 10.4. The van der Waals surface area contributed by atoms with Crippen LogP contribution in [0, 0.1) is 5.41 Å². The number of piperidine rings is 1. The van der Waals surface area contributed by atoms with Gasteiger partial charge < -0.3 is 14.4 Å². The van der Waals surface area contributed by atoms with E-state index < -0.39 is 0 Å². The highest BCUT2D eigenvalue weighted by atomic mass is 16.5. The molecular formula is C23H34N2O3. The van der Waals surface area contributed by atoms with Crippen LogP contribution in [0.15, 0.2) is 30.3 Å². The molecular weight excluding hydrogens is 352 g/mol. The average Bonchev–Trinajstić information content (AvgIpc) is 3.22. The van der Waals surface area contributed by atoms with Crippen molar-refractivity contribution >= 4 is 5.91 Å². The van der Waals surface area contributed by atoms with Crippen LogP contribution in [0.1, 0.15) is 50.1 Å². The molecule has 154 valence electrons. The molecule has 3 fully saturated rings. The Balaban J connectivity index is 1.33. The predicted molar refractivity (Wildman–Crippen MR) is 109 cm³/mol. The van der Waals surface area contributed by atoms with Crippen LogP contribution in [-0.2, 0) is 14.3 Å². The number of benzene rings is 1. The molecule has 28 heavy (non-hydrogen) atoms. The molecule has 2 heterocycles. The SMILES string of the molecule is COCCOCC(=O)N1CCC(N2CC3(CCCC3)C2c2ccccc2)CC1. The van der Waals surface area contributed by atoms with Gasteiger partial charge in [-0.05, 0) is 31.2 Å². The molecule has 1 spiro atoms. The van der Waals surface area contributed by atoms with Gasteiger partial charge >= 0.3 is 0 Å². The zero-order valence-electron chi connectivity index (χ0n) is 17.1. The molecule has 3 aliphatic rings. The van der Waals surface area contributed by atoms with E-state index in [2.05, 4.69) is 35.2 Å². The van der Waals surface area contributed by atoms with E-state index in [-0.39, 0.29) is 12.5 Å². The molecule has 1 saturated carbocycles. The Morgan fingerprint density at radius 3 is 2.50 bits per heavy atom. The number of likely N-dealkylation sites (tertiary alicyclic amines) is 2. The molecule has 2 aliphatic heterocycles. The van der Waals surface area contributed by atoms with Crippen molar-refractivity contribution in [3.05, 3.63) is 35.9 Å². The molecule has 1 aromatic carbocycles. The predicted octanol–water partition coefficient (Wildman–Crippen LogP) is 3.26. The summed E-state index contributed by atoms with van der Waals surface area (Å²) in [7, 11) is 1.64. The zero-order valence-corrected chi connectivity index (χ0v) is 17.1. The third kappa shape index (κ3) is 3.98. The third-order valence-electron chi connectivity index (χ3n) is 7.07. The van der Waals surface area contributed by atoms with Gasteiger partial charge in [-0.2, -0.15) is 0 Å². The minimum Gasteiger partial charge on any atom is -0.382 e. The Morgan fingerprint density at radius 2 is 1.82 bits per heavy atom. The smallest absolute Gasteiger partial charge is 0.248 e. The first-order valence-electron chi connectivity index (χ1n) is 10.9. The number of ether oxygens (including phenoxy) is 2. The van der Waals surface area contributed by atoms with Gasteiger partial charge in [0, 0.05) is 44.2 Å². The molecule has 1 aromatic rings. The van der Waals surface area contributed by atoms with Crippen LogP contribution in [0.25, 0.3) is 0 Å². The number of hydrogen-bond acceptors (Lipinski definition) is 4. The van der Waals surface area contributed by atoms with Gasteiger partial charge in [0.15, 0.2) is 0 Å². The topological polar surface area (TPSA) is 42.0 Å². The number of amides is 1. The summed E-state index contributed by atoms with van der Waals surface area (Å²) >= 11 is 0. The van der Waals surface area contributed by atoms with Gasteiger partial charge in [-0.3, -0.25) is 9.69 Å². The lowest BCUT2D eigenvalue weighted by Gasteiger charge is -2.60. The summed E-state index contributed by atoms with van der Waals surface area (Å²) in [5, 5.41) is 0. The summed E-state index contributed by atoms with van der Waals surface area (Å²) in [5.74, 6) is 0.116. The molecule has 2 saturated heterocycles. The highest BCUT2D eigenvalue weighted by molar-refractivity contribution is 5.77. The summed E-state index contributed by atoms with van der Waals surface area (Å²) in [6.07, 6.45) is 7.66. The van der Waals surface area contributed by atoms with Gasteiger partial charge in [-0.15, -0.1) is 0 Å². The van der Waals surface area contributed by atoms with Crippen molar-refractivity contribution in [2.75, 3.05) is 46.6 Å². The van der Waals surface area contributed by atoms with Gasteiger partial charge in [0.05, 0.1) is 13.2 Å². The maximum absolute atomic E-state index is 12.4. The average molecular weight is 387 g/mol. The number of hydrogen-bond donors (Lipinski definition) is 0. The van der Waals surface area contributed by atoms with E-state index in [0.29, 0.717) is 30.7 Å². The van der Waals surface area contributed by atoms with Crippen molar-refractivity contribution in [2.24, 2.45) is 5.41 Å². The molecule has 0 radical (unpaired) electrons. The molecule has 5 nitrogen and oxygen atoms in total. The first-order valence-corrected chi connectivity index (χ1v) is 10.9. The van der Waals surface area contributed by atoms with Crippen LogP contribution in [-0.4, -0.2) is 68.3 Å². The van der Waals surface area contributed by atoms with Crippen molar-refractivity contribution in [3.8, 4) is 0 Å². The third-order valence-corrected chi connectivity index (χ3v) is 7.07. The van der Waals surface area contributed by atoms with Crippen molar-refractivity contribution in [1.29, 1.82) is 0 Å². The maximum Gasteiger partial charge on any atom is 0.248 e. The lowest BCUT2D eigenvalue weighted by atomic mass is 9.66. The summed E-state index contributed by atoms with van der Waals surface area (Å²) in [5.41, 5.74) is 1.99. The Bertz CT molecular complexity index is 637. The van der Waals surface area contributed by atoms with E-state index in [1.165, 1.54) is 37.8 Å². The fourth-order valence-electron chi connectivity index (χ4n) is 5.65. The normalized spacial score (nSPS) is 25.2. The van der Waals surface area contributed by atoms with Crippen LogP contribution < -0.4 is 0 Å². The first kappa shape index (κ1) is 19.9. The fourth-order valence-corrected chi connectivity index (χ4v) is 5.65. The molecule has 1 unspecified atom stereocenters. The Morgan fingerprint density at radius 1 is 1.11 bits per heavy atom. The zero-order chi connectivity index (χ0) is 19.4. The second-order valence-electron chi connectivity index (χ2n) is 8.71. The monoisotopic (exact) mass is 386 g/mol. The fraction of sp³-hybridized carbons (Fsp3) is 0.696. The van der Waals surface area contributed by atoms with Crippen LogP contribution in [0.5, 0.6) is 0 Å². The minimum atomic E-state index is 0.116. The van der Waals surface area contributed by atoms with Gasteiger partial charge in [0.25, 0.3) is 0 Å². The highest BCUT2D eigenvalue weighted by Crippen LogP contribution is 2.59. The van der Waals surface area contributed by atoms with Gasteiger partial charge in [0.2, 0.25) is 5.91 Å². The molecule has 1 amide bonds. The van der Waals surface area contributed by atoms with E-state index in [1.807, 2.05) is 4.90 Å². The second kappa shape index (κ2) is 8.93. The number of carbonyl (C=O) groups is 1. The molecule has 1 atom stereocenters. The number of carbonyl (C=O) groups excluding carboxylic acids is 1. The lowest BCUT2D eigenvalue weighted by molar-refractivity contribution is -0.142. The quantitative estimate of drug-likeness (QED) is 0.675. The Kier molecular flexibility index (Phi) is 6.34. The molecule has 5 heteroatoms. The van der Waals surface area contributed by atoms with E-state index in [9.17, 15) is 4.79 Å². The van der Waals surface area contributed by atoms with Crippen molar-refractivity contribution < 1.29 is 14.3 Å². The molecule has 0 N–H and O–H groups in total. The van der Waals surface area contributed by atoms with E-state index in [1.54, 1.807) is 7.11 Å². The highest BCUT2D eigenvalue weighted by Gasteiger charge is 2.55. The summed E-state index contributed by atoms with van der Waals surface area (Å²) in [6, 6.07) is 12.3. The number of rotatable bonds is 7. The Hall–Kier alpha value is -1.43. The number of nitrogens with zero attached hydrogens (tertiary/aromatic N) is 2. The Labute approximate surface area is 169 Å². The van der Waals surface area contributed by atoms with E-state index in [0.717, 1.165) is 25.9 Å². The molecule has 4 rings (SSSR count). The van der Waals surface area contributed by atoms with Gasteiger partial charge in [-0.25, -0.2) is 0 Å². The van der Waals surface area contributed by atoms with Crippen LogP contribution in [0.4, 0.5) is 0 Å². The van der Waals surface area contributed by atoms with Crippen LogP contribution in [0.2, 0.25) is 0 Å². The lowest BCUT2D eigenvalue weighted by Crippen LogP contribution is -2.62. The molecule has 1 aliphatic carbocycles. The van der Waals surface area contributed by atoms with Crippen molar-refractivity contribution in [3.63, 3.8) is 0 Å². The van der Waals surface area contributed by atoms with Crippen molar-refractivity contribution in [2.45, 2.75) is 50.6 Å². The van der Waals surface area contributed by atoms with Gasteiger partial charge in [-0.1, -0.05) is 43.2 Å². The maximum atomic E-state index is 12.4. The van der Waals surface area contributed by atoms with E-state index >= 15 is 0 Å². The summed E-state index contributed by atoms with van der Waals surface area (Å²) in [6.45, 7) is 4.13. The second-order valence-corrected chi connectivity index (χ2v) is 8.71. The summed E-state index contributed by atoms with van der Waals surface area (Å²) in [4.78, 5) is 17.1. The molecule has 0 aromatic heterocycles. The van der Waals surface area contributed by atoms with E-state index in [4.69, 9.17) is 9.47 Å².